The van der Waals surface area contributed by atoms with Crippen LogP contribution in [0.1, 0.15) is 35.3 Å². The minimum atomic E-state index is -0.284. The molecule has 0 aliphatic rings. The lowest BCUT2D eigenvalue weighted by Crippen LogP contribution is -2.28. The van der Waals surface area contributed by atoms with Gasteiger partial charge in [-0.05, 0) is 54.8 Å². The summed E-state index contributed by atoms with van der Waals surface area (Å²) in [4.78, 5) is 23.6. The number of carbonyl (C=O) groups excluding carboxylic acids is 2. The lowest BCUT2D eigenvalue weighted by atomic mass is 10.1. The number of hydrazone groups is 1. The highest BCUT2D eigenvalue weighted by Crippen LogP contribution is 2.27. The molecule has 0 spiro atoms. The van der Waals surface area contributed by atoms with Gasteiger partial charge in [0.25, 0.3) is 11.8 Å². The predicted molar refractivity (Wildman–Crippen MR) is 108 cm³/mol. The molecule has 0 aliphatic heterocycles. The van der Waals surface area contributed by atoms with Crippen LogP contribution in [-0.4, -0.2) is 38.3 Å². The van der Waals surface area contributed by atoms with Crippen molar-refractivity contribution in [3.63, 3.8) is 0 Å². The predicted octanol–water partition coefficient (Wildman–Crippen LogP) is 2.54. The third kappa shape index (κ3) is 6.12. The number of rotatable bonds is 9. The Bertz CT molecular complexity index is 832. The molecule has 2 aromatic rings. The average Bonchev–Trinajstić information content (AvgIpc) is 2.72. The average molecular weight is 383 g/mol. The Morgan fingerprint density at radius 1 is 1.07 bits per heavy atom. The van der Waals surface area contributed by atoms with Crippen molar-refractivity contribution in [2.24, 2.45) is 5.10 Å². The molecule has 0 radical (unpaired) electrons. The zero-order valence-corrected chi connectivity index (χ0v) is 16.3. The van der Waals surface area contributed by atoms with Crippen LogP contribution in [0.3, 0.4) is 0 Å². The second kappa shape index (κ2) is 10.7. The smallest absolute Gasteiger partial charge is 0.271 e. The van der Waals surface area contributed by atoms with E-state index in [4.69, 9.17) is 9.47 Å². The lowest BCUT2D eigenvalue weighted by molar-refractivity contribution is -0.123. The fourth-order valence-corrected chi connectivity index (χ4v) is 2.40. The Labute approximate surface area is 164 Å². The van der Waals surface area contributed by atoms with Crippen molar-refractivity contribution in [2.45, 2.75) is 20.3 Å². The maximum Gasteiger partial charge on any atom is 0.271 e. The Balaban J connectivity index is 1.97. The monoisotopic (exact) mass is 383 g/mol. The first kappa shape index (κ1) is 21.0. The van der Waals surface area contributed by atoms with E-state index in [1.165, 1.54) is 18.9 Å². The fraction of sp³-hybridized carbons (Fsp3) is 0.286. The van der Waals surface area contributed by atoms with Crippen LogP contribution in [0.2, 0.25) is 0 Å². The van der Waals surface area contributed by atoms with Crippen molar-refractivity contribution < 1.29 is 19.1 Å². The molecule has 2 rings (SSSR count). The first-order chi connectivity index (χ1) is 13.6. The third-order valence-electron chi connectivity index (χ3n) is 3.92. The van der Waals surface area contributed by atoms with E-state index in [-0.39, 0.29) is 18.4 Å². The summed E-state index contributed by atoms with van der Waals surface area (Å²) in [5, 5.41) is 6.64. The molecule has 7 heteroatoms. The van der Waals surface area contributed by atoms with Crippen LogP contribution in [0.4, 0.5) is 0 Å². The van der Waals surface area contributed by atoms with Crippen molar-refractivity contribution in [2.75, 3.05) is 20.3 Å². The highest BCUT2D eigenvalue weighted by molar-refractivity contribution is 5.95. The van der Waals surface area contributed by atoms with Gasteiger partial charge in [-0.3, -0.25) is 9.59 Å². The van der Waals surface area contributed by atoms with Crippen LogP contribution < -0.4 is 20.2 Å². The van der Waals surface area contributed by atoms with E-state index >= 15 is 0 Å². The van der Waals surface area contributed by atoms with Gasteiger partial charge in [-0.15, -0.1) is 0 Å². The quantitative estimate of drug-likeness (QED) is 0.514. The van der Waals surface area contributed by atoms with E-state index in [1.54, 1.807) is 30.3 Å². The SMILES string of the molecule is CCNC(=O)COc1ccc(/C=N\NC(=O)c2ccc(CC)cc2)cc1OC. The molecule has 0 aliphatic carbocycles. The molecule has 0 bridgehead atoms. The Kier molecular flexibility index (Phi) is 8.02. The molecule has 0 heterocycles. The van der Waals surface area contributed by atoms with E-state index in [0.717, 1.165) is 6.42 Å². The number of nitrogens with zero attached hydrogens (tertiary/aromatic N) is 1. The fourth-order valence-electron chi connectivity index (χ4n) is 2.40. The van der Waals surface area contributed by atoms with Gasteiger partial charge in [-0.25, -0.2) is 5.43 Å². The largest absolute Gasteiger partial charge is 0.493 e. The second-order valence-corrected chi connectivity index (χ2v) is 5.90. The number of nitrogens with one attached hydrogen (secondary N) is 2. The van der Waals surface area contributed by atoms with E-state index < -0.39 is 0 Å². The molecular weight excluding hydrogens is 358 g/mol. The highest BCUT2D eigenvalue weighted by atomic mass is 16.5. The first-order valence-electron chi connectivity index (χ1n) is 9.07. The molecule has 7 nitrogen and oxygen atoms in total. The van der Waals surface area contributed by atoms with Gasteiger partial charge in [-0.1, -0.05) is 19.1 Å². The molecule has 28 heavy (non-hydrogen) atoms. The molecule has 0 saturated carbocycles. The van der Waals surface area contributed by atoms with Gasteiger partial charge in [0.05, 0.1) is 13.3 Å². The molecule has 2 amide bonds. The van der Waals surface area contributed by atoms with Crippen molar-refractivity contribution in [3.8, 4) is 11.5 Å². The number of amides is 2. The molecule has 0 saturated heterocycles. The van der Waals surface area contributed by atoms with Crippen molar-refractivity contribution in [3.05, 3.63) is 59.2 Å². The van der Waals surface area contributed by atoms with Gasteiger partial charge in [0.2, 0.25) is 0 Å². The van der Waals surface area contributed by atoms with Crippen LogP contribution in [0, 0.1) is 0 Å². The number of benzene rings is 2. The summed E-state index contributed by atoms with van der Waals surface area (Å²) < 4.78 is 10.8. The molecule has 0 atom stereocenters. The normalized spacial score (nSPS) is 10.5. The number of hydrogen-bond donors (Lipinski definition) is 2. The molecule has 0 fully saturated rings. The van der Waals surface area contributed by atoms with Crippen LogP contribution in [0.25, 0.3) is 0 Å². The minimum absolute atomic E-state index is 0.0927. The summed E-state index contributed by atoms with van der Waals surface area (Å²) in [6, 6.07) is 12.5. The van der Waals surface area contributed by atoms with Crippen LogP contribution in [-0.2, 0) is 11.2 Å². The molecule has 0 unspecified atom stereocenters. The lowest BCUT2D eigenvalue weighted by Gasteiger charge is -2.11. The van der Waals surface area contributed by atoms with Crippen LogP contribution in [0.5, 0.6) is 11.5 Å². The second-order valence-electron chi connectivity index (χ2n) is 5.90. The Morgan fingerprint density at radius 3 is 2.46 bits per heavy atom. The third-order valence-corrected chi connectivity index (χ3v) is 3.92. The van der Waals surface area contributed by atoms with E-state index in [1.807, 2.05) is 19.1 Å². The number of aryl methyl sites for hydroxylation is 1. The molecule has 148 valence electrons. The van der Waals surface area contributed by atoms with Crippen molar-refractivity contribution in [1.82, 2.24) is 10.7 Å². The summed E-state index contributed by atoms with van der Waals surface area (Å²) in [5.74, 6) is 0.429. The first-order valence-corrected chi connectivity index (χ1v) is 9.07. The summed E-state index contributed by atoms with van der Waals surface area (Å²) in [6.07, 6.45) is 2.43. The van der Waals surface area contributed by atoms with Gasteiger partial charge >= 0.3 is 0 Å². The molecule has 0 aromatic heterocycles. The van der Waals surface area contributed by atoms with Crippen molar-refractivity contribution >= 4 is 18.0 Å². The number of ether oxygens (including phenoxy) is 2. The zero-order chi connectivity index (χ0) is 20.4. The maximum atomic E-state index is 12.1. The van der Waals surface area contributed by atoms with Crippen LogP contribution >= 0.6 is 0 Å². The Morgan fingerprint density at radius 2 is 1.82 bits per heavy atom. The van der Waals surface area contributed by atoms with E-state index in [0.29, 0.717) is 29.2 Å². The van der Waals surface area contributed by atoms with Crippen molar-refractivity contribution in [1.29, 1.82) is 0 Å². The number of likely N-dealkylation sites (N-methyl/N-ethyl adjacent to an activating group) is 1. The van der Waals surface area contributed by atoms with Crippen LogP contribution in [0.15, 0.2) is 47.6 Å². The number of methoxy groups -OCH3 is 1. The van der Waals surface area contributed by atoms with Gasteiger partial charge in [0, 0.05) is 12.1 Å². The zero-order valence-electron chi connectivity index (χ0n) is 16.3. The summed E-state index contributed by atoms with van der Waals surface area (Å²) in [6.45, 7) is 4.35. The van der Waals surface area contributed by atoms with Gasteiger partial charge in [0.15, 0.2) is 18.1 Å². The summed E-state index contributed by atoms with van der Waals surface area (Å²) >= 11 is 0. The van der Waals surface area contributed by atoms with Gasteiger partial charge < -0.3 is 14.8 Å². The number of hydrogen-bond acceptors (Lipinski definition) is 5. The van der Waals surface area contributed by atoms with Gasteiger partial charge in [0.1, 0.15) is 0 Å². The number of carbonyl (C=O) groups is 2. The van der Waals surface area contributed by atoms with Gasteiger partial charge in [-0.2, -0.15) is 5.10 Å². The van der Waals surface area contributed by atoms with E-state index in [2.05, 4.69) is 22.8 Å². The highest BCUT2D eigenvalue weighted by Gasteiger charge is 2.08. The Hall–Kier alpha value is -3.35. The standard InChI is InChI=1S/C21H25N3O4/c1-4-15-6-9-17(10-7-15)21(26)24-23-13-16-8-11-18(19(12-16)27-3)28-14-20(25)22-5-2/h6-13H,4-5,14H2,1-3H3,(H,22,25)(H,24,26)/b23-13-. The molecule has 2 N–H and O–H groups in total. The maximum absolute atomic E-state index is 12.1. The summed E-state index contributed by atoms with van der Waals surface area (Å²) in [5.41, 5.74) is 4.92. The van der Waals surface area contributed by atoms with E-state index in [9.17, 15) is 9.59 Å². The minimum Gasteiger partial charge on any atom is -0.493 e. The molecule has 2 aromatic carbocycles. The molecular formula is C21H25N3O4. The topological polar surface area (TPSA) is 89.0 Å². The summed E-state index contributed by atoms with van der Waals surface area (Å²) in [7, 11) is 1.51.